The molecule has 1 N–H and O–H groups in total. The zero-order chi connectivity index (χ0) is 22.4. The van der Waals surface area contributed by atoms with E-state index >= 15 is 0 Å². The number of phenolic OH excluding ortho intramolecular Hbond substituents is 1. The zero-order valence-electron chi connectivity index (χ0n) is 17.6. The highest BCUT2D eigenvalue weighted by Crippen LogP contribution is 2.35. The van der Waals surface area contributed by atoms with Crippen LogP contribution in [0.1, 0.15) is 20.3 Å². The Kier molecular flexibility index (Phi) is 7.02. The smallest absolute Gasteiger partial charge is 0.344 e. The van der Waals surface area contributed by atoms with E-state index in [-0.39, 0.29) is 41.4 Å². The summed E-state index contributed by atoms with van der Waals surface area (Å²) < 4.78 is 27.1. The van der Waals surface area contributed by atoms with Crippen molar-refractivity contribution in [1.29, 1.82) is 0 Å². The Bertz CT molecular complexity index is 1130. The first kappa shape index (κ1) is 22.0. The number of ether oxygens (including phenoxy) is 4. The Labute approximate surface area is 178 Å². The summed E-state index contributed by atoms with van der Waals surface area (Å²) in [6.45, 7) is 4.09. The van der Waals surface area contributed by atoms with E-state index in [1.165, 1.54) is 18.2 Å². The number of esters is 1. The molecule has 0 amide bonds. The lowest BCUT2D eigenvalue weighted by Crippen LogP contribution is -2.14. The second-order valence-electron chi connectivity index (χ2n) is 6.60. The van der Waals surface area contributed by atoms with E-state index in [1.807, 2.05) is 6.92 Å². The number of methoxy groups -OCH3 is 1. The summed E-state index contributed by atoms with van der Waals surface area (Å²) in [5, 5.41) is 10.3. The molecule has 3 aromatic rings. The highest BCUT2D eigenvalue weighted by Gasteiger charge is 2.15. The number of phenols is 1. The fraction of sp³-hybridized carbons (Fsp3) is 0.304. The van der Waals surface area contributed by atoms with Crippen LogP contribution in [-0.4, -0.2) is 38.0 Å². The topological polar surface area (TPSA) is 104 Å². The molecule has 1 heterocycles. The van der Waals surface area contributed by atoms with Crippen molar-refractivity contribution in [2.45, 2.75) is 20.3 Å². The molecule has 0 aliphatic carbocycles. The van der Waals surface area contributed by atoms with E-state index in [4.69, 9.17) is 23.4 Å². The first-order chi connectivity index (χ1) is 15.0. The molecule has 3 rings (SSSR count). The van der Waals surface area contributed by atoms with Gasteiger partial charge < -0.3 is 28.5 Å². The van der Waals surface area contributed by atoms with Crippen molar-refractivity contribution in [2.24, 2.45) is 0 Å². The molecule has 8 heteroatoms. The summed E-state index contributed by atoms with van der Waals surface area (Å²) in [4.78, 5) is 24.2. The van der Waals surface area contributed by atoms with E-state index in [1.54, 1.807) is 32.2 Å². The summed E-state index contributed by atoms with van der Waals surface area (Å²) in [6, 6.07) is 9.18. The van der Waals surface area contributed by atoms with Crippen molar-refractivity contribution in [3.05, 3.63) is 46.6 Å². The number of fused-ring (bicyclic) bond motifs is 1. The van der Waals surface area contributed by atoms with Crippen LogP contribution in [0.15, 0.2) is 45.6 Å². The number of carbonyl (C=O) groups excluding carboxylic acids is 1. The van der Waals surface area contributed by atoms with Gasteiger partial charge in [0, 0.05) is 23.8 Å². The lowest BCUT2D eigenvalue weighted by molar-refractivity contribution is -0.145. The summed E-state index contributed by atoms with van der Waals surface area (Å²) in [6.07, 6.45) is 0.826. The van der Waals surface area contributed by atoms with Gasteiger partial charge in [0.25, 0.3) is 0 Å². The van der Waals surface area contributed by atoms with Crippen LogP contribution in [0.3, 0.4) is 0 Å². The molecule has 0 spiro atoms. The normalized spacial score (nSPS) is 10.7. The molecule has 2 aromatic carbocycles. The Morgan fingerprint density at radius 3 is 2.58 bits per heavy atom. The molecule has 0 bridgehead atoms. The highest BCUT2D eigenvalue weighted by atomic mass is 16.6. The minimum atomic E-state index is -0.546. The fourth-order valence-electron chi connectivity index (χ4n) is 2.97. The Hall–Kier alpha value is -3.68. The van der Waals surface area contributed by atoms with Crippen molar-refractivity contribution < 1.29 is 33.3 Å². The summed E-state index contributed by atoms with van der Waals surface area (Å²) in [7, 11) is 1.55. The van der Waals surface area contributed by atoms with Crippen LogP contribution in [0.25, 0.3) is 22.3 Å². The molecule has 31 heavy (non-hydrogen) atoms. The van der Waals surface area contributed by atoms with Gasteiger partial charge in [0.05, 0.1) is 20.3 Å². The average molecular weight is 428 g/mol. The maximum atomic E-state index is 12.6. The molecule has 1 aromatic heterocycles. The second-order valence-corrected chi connectivity index (χ2v) is 6.60. The standard InChI is InChI=1S/C23H24O8/c1-4-8-29-20-9-14(6-7-18(20)27-3)19-12-17(25)23-16(24)10-15(11-21(23)31-19)30-13-22(26)28-5-2/h6-7,9-12,24H,4-5,8,13H2,1-3H3. The number of hydrogen-bond donors (Lipinski definition) is 1. The number of aromatic hydroxyl groups is 1. The second kappa shape index (κ2) is 9.88. The van der Waals surface area contributed by atoms with Crippen molar-refractivity contribution in [3.8, 4) is 34.3 Å². The van der Waals surface area contributed by atoms with E-state index in [0.29, 0.717) is 23.7 Å². The molecule has 0 aliphatic rings. The quantitative estimate of drug-likeness (QED) is 0.512. The monoisotopic (exact) mass is 428 g/mol. The fourth-order valence-corrected chi connectivity index (χ4v) is 2.97. The maximum absolute atomic E-state index is 12.6. The first-order valence-corrected chi connectivity index (χ1v) is 9.87. The van der Waals surface area contributed by atoms with Gasteiger partial charge in [-0.25, -0.2) is 4.79 Å². The first-order valence-electron chi connectivity index (χ1n) is 9.87. The molecule has 164 valence electrons. The van der Waals surface area contributed by atoms with Gasteiger partial charge in [-0.05, 0) is 31.5 Å². The van der Waals surface area contributed by atoms with E-state index in [9.17, 15) is 14.7 Å². The van der Waals surface area contributed by atoms with Gasteiger partial charge in [0.1, 0.15) is 28.2 Å². The molecule has 0 fully saturated rings. The van der Waals surface area contributed by atoms with Crippen molar-refractivity contribution >= 4 is 16.9 Å². The van der Waals surface area contributed by atoms with Crippen LogP contribution in [0, 0.1) is 0 Å². The largest absolute Gasteiger partial charge is 0.507 e. The molecule has 0 radical (unpaired) electrons. The number of rotatable bonds is 9. The van der Waals surface area contributed by atoms with E-state index < -0.39 is 11.4 Å². The SMILES string of the molecule is CCCOc1cc(-c2cc(=O)c3c(O)cc(OCC(=O)OCC)cc3o2)ccc1OC. The van der Waals surface area contributed by atoms with Gasteiger partial charge in [0.15, 0.2) is 23.5 Å². The summed E-state index contributed by atoms with van der Waals surface area (Å²) in [5.74, 6) is 0.684. The number of benzene rings is 2. The Morgan fingerprint density at radius 1 is 1.06 bits per heavy atom. The lowest BCUT2D eigenvalue weighted by atomic mass is 10.1. The van der Waals surface area contributed by atoms with Crippen LogP contribution in [0.4, 0.5) is 0 Å². The summed E-state index contributed by atoms with van der Waals surface area (Å²) >= 11 is 0. The van der Waals surface area contributed by atoms with Crippen LogP contribution < -0.4 is 19.6 Å². The molecule has 0 unspecified atom stereocenters. The van der Waals surface area contributed by atoms with Crippen molar-refractivity contribution in [2.75, 3.05) is 26.9 Å². The van der Waals surface area contributed by atoms with Gasteiger partial charge in [0.2, 0.25) is 0 Å². The highest BCUT2D eigenvalue weighted by molar-refractivity contribution is 5.86. The maximum Gasteiger partial charge on any atom is 0.344 e. The van der Waals surface area contributed by atoms with E-state index in [2.05, 4.69) is 0 Å². The average Bonchev–Trinajstić information content (AvgIpc) is 2.75. The molecule has 8 nitrogen and oxygen atoms in total. The van der Waals surface area contributed by atoms with E-state index in [0.717, 1.165) is 6.42 Å². The van der Waals surface area contributed by atoms with Crippen LogP contribution in [0.2, 0.25) is 0 Å². The van der Waals surface area contributed by atoms with Crippen molar-refractivity contribution in [1.82, 2.24) is 0 Å². The van der Waals surface area contributed by atoms with Crippen LogP contribution >= 0.6 is 0 Å². The van der Waals surface area contributed by atoms with Crippen molar-refractivity contribution in [3.63, 3.8) is 0 Å². The molecular weight excluding hydrogens is 404 g/mol. The molecule has 0 saturated heterocycles. The number of carbonyl (C=O) groups is 1. The lowest BCUT2D eigenvalue weighted by Gasteiger charge is -2.12. The van der Waals surface area contributed by atoms with Crippen LogP contribution in [0.5, 0.6) is 23.0 Å². The van der Waals surface area contributed by atoms with Gasteiger partial charge >= 0.3 is 5.97 Å². The molecule has 0 aliphatic heterocycles. The van der Waals surface area contributed by atoms with Gasteiger partial charge in [-0.2, -0.15) is 0 Å². The molecule has 0 saturated carbocycles. The van der Waals surface area contributed by atoms with Gasteiger partial charge in [-0.3, -0.25) is 4.79 Å². The number of hydrogen-bond acceptors (Lipinski definition) is 8. The minimum absolute atomic E-state index is 0.0169. The molecular formula is C23H24O8. The summed E-state index contributed by atoms with van der Waals surface area (Å²) in [5.41, 5.74) is 0.300. The zero-order valence-corrected chi connectivity index (χ0v) is 17.6. The predicted molar refractivity (Wildman–Crippen MR) is 114 cm³/mol. The van der Waals surface area contributed by atoms with Crippen LogP contribution in [-0.2, 0) is 9.53 Å². The Balaban J connectivity index is 2.00. The third-order valence-corrected chi connectivity index (χ3v) is 4.36. The minimum Gasteiger partial charge on any atom is -0.507 e. The third-order valence-electron chi connectivity index (χ3n) is 4.36. The van der Waals surface area contributed by atoms with Gasteiger partial charge in [-0.1, -0.05) is 6.92 Å². The third kappa shape index (κ3) is 5.09. The predicted octanol–water partition coefficient (Wildman–Crippen LogP) is 3.90. The molecule has 0 atom stereocenters. The van der Waals surface area contributed by atoms with Gasteiger partial charge in [-0.15, -0.1) is 0 Å². The Morgan fingerprint density at radius 2 is 1.87 bits per heavy atom.